The molecule has 0 amide bonds. The van der Waals surface area contributed by atoms with Crippen molar-refractivity contribution in [3.63, 3.8) is 0 Å². The van der Waals surface area contributed by atoms with Gasteiger partial charge in [-0.3, -0.25) is 0 Å². The van der Waals surface area contributed by atoms with Gasteiger partial charge in [-0.05, 0) is 30.2 Å². The Bertz CT molecular complexity index is 368. The van der Waals surface area contributed by atoms with Crippen LogP contribution in [0.25, 0.3) is 0 Å². The van der Waals surface area contributed by atoms with E-state index in [0.29, 0.717) is 0 Å². The van der Waals surface area contributed by atoms with Gasteiger partial charge in [0, 0.05) is 6.42 Å². The fourth-order valence-electron chi connectivity index (χ4n) is 1.47. The van der Waals surface area contributed by atoms with Crippen LogP contribution in [0.5, 0.6) is 5.75 Å². The molecule has 0 spiro atoms. The Balaban J connectivity index is 2.49. The number of ether oxygens (including phenoxy) is 2. The summed E-state index contributed by atoms with van der Waals surface area (Å²) >= 11 is 0. The molecule has 17 heavy (non-hydrogen) atoms. The van der Waals surface area contributed by atoms with Crippen LogP contribution in [0.2, 0.25) is 0 Å². The summed E-state index contributed by atoms with van der Waals surface area (Å²) in [7, 11) is 3.38. The maximum atomic E-state index is 5.18. The molecule has 0 N–H and O–H groups in total. The molecule has 0 aliphatic rings. The highest BCUT2D eigenvalue weighted by Gasteiger charge is 1.91. The highest BCUT2D eigenvalue weighted by molar-refractivity contribution is 5.28. The molecule has 1 aromatic rings. The molecule has 0 aromatic heterocycles. The van der Waals surface area contributed by atoms with Crippen LogP contribution in [0.15, 0.2) is 48.3 Å². The molecular weight excluding hydrogens is 212 g/mol. The normalized spacial score (nSPS) is 11.8. The van der Waals surface area contributed by atoms with E-state index in [0.717, 1.165) is 24.4 Å². The van der Waals surface area contributed by atoms with E-state index in [1.54, 1.807) is 14.2 Å². The molecule has 0 saturated carbocycles. The Kier molecular flexibility index (Phi) is 5.94. The summed E-state index contributed by atoms with van der Waals surface area (Å²) in [6.07, 6.45) is 8.00. The van der Waals surface area contributed by atoms with Gasteiger partial charge in [0.25, 0.3) is 0 Å². The van der Waals surface area contributed by atoms with E-state index in [-0.39, 0.29) is 0 Å². The molecule has 0 heterocycles. The highest BCUT2D eigenvalue weighted by Crippen LogP contribution is 2.12. The zero-order chi connectivity index (χ0) is 12.5. The van der Waals surface area contributed by atoms with Gasteiger partial charge in [0.05, 0.1) is 20.0 Å². The third kappa shape index (κ3) is 4.77. The van der Waals surface area contributed by atoms with Gasteiger partial charge in [-0.25, -0.2) is 0 Å². The Labute approximate surface area is 104 Å². The van der Waals surface area contributed by atoms with Crippen LogP contribution in [0.1, 0.15) is 18.9 Å². The van der Waals surface area contributed by atoms with Crippen LogP contribution in [0, 0.1) is 0 Å². The predicted octanol–water partition coefficient (Wildman–Crippen LogP) is 3.73. The first-order valence-corrected chi connectivity index (χ1v) is 5.82. The molecule has 1 aromatic carbocycles. The minimum absolute atomic E-state index is 0.894. The van der Waals surface area contributed by atoms with Crippen LogP contribution in [-0.2, 0) is 11.2 Å². The van der Waals surface area contributed by atoms with Gasteiger partial charge in [0.2, 0.25) is 0 Å². The van der Waals surface area contributed by atoms with Crippen LogP contribution < -0.4 is 4.74 Å². The maximum Gasteiger partial charge on any atom is 0.118 e. The Morgan fingerprint density at radius 1 is 1.18 bits per heavy atom. The molecule has 92 valence electrons. The maximum absolute atomic E-state index is 5.18. The Morgan fingerprint density at radius 3 is 2.41 bits per heavy atom. The van der Waals surface area contributed by atoms with Crippen molar-refractivity contribution in [1.29, 1.82) is 0 Å². The number of benzene rings is 1. The summed E-state index contributed by atoms with van der Waals surface area (Å²) in [5, 5.41) is 0. The SMILES string of the molecule is CC/C(=C/C=C\Cc1ccc(OC)cc1)OC. The van der Waals surface area contributed by atoms with Gasteiger partial charge in [-0.15, -0.1) is 0 Å². The monoisotopic (exact) mass is 232 g/mol. The molecular formula is C15H20O2. The molecule has 0 saturated heterocycles. The van der Waals surface area contributed by atoms with Gasteiger partial charge in [-0.2, -0.15) is 0 Å². The van der Waals surface area contributed by atoms with Crippen molar-refractivity contribution in [1.82, 2.24) is 0 Å². The van der Waals surface area contributed by atoms with Crippen molar-refractivity contribution >= 4 is 0 Å². The summed E-state index contributed by atoms with van der Waals surface area (Å²) in [6.45, 7) is 2.08. The van der Waals surface area contributed by atoms with Gasteiger partial charge in [-0.1, -0.05) is 31.2 Å². The second kappa shape index (κ2) is 7.55. The van der Waals surface area contributed by atoms with Gasteiger partial charge < -0.3 is 9.47 Å². The van der Waals surface area contributed by atoms with E-state index in [1.165, 1.54) is 5.56 Å². The quantitative estimate of drug-likeness (QED) is 0.549. The second-order valence-electron chi connectivity index (χ2n) is 3.67. The predicted molar refractivity (Wildman–Crippen MR) is 71.2 cm³/mol. The lowest BCUT2D eigenvalue weighted by molar-refractivity contribution is 0.281. The number of hydrogen-bond donors (Lipinski definition) is 0. The summed E-state index contributed by atoms with van der Waals surface area (Å²) < 4.78 is 10.3. The van der Waals surface area contributed by atoms with Crippen molar-refractivity contribution in [2.75, 3.05) is 14.2 Å². The van der Waals surface area contributed by atoms with Gasteiger partial charge >= 0.3 is 0 Å². The lowest BCUT2D eigenvalue weighted by Crippen LogP contribution is -1.84. The molecule has 2 nitrogen and oxygen atoms in total. The van der Waals surface area contributed by atoms with Crippen LogP contribution in [0.4, 0.5) is 0 Å². The smallest absolute Gasteiger partial charge is 0.118 e. The summed E-state index contributed by atoms with van der Waals surface area (Å²) in [4.78, 5) is 0. The minimum Gasteiger partial charge on any atom is -0.501 e. The number of rotatable bonds is 6. The first-order valence-electron chi connectivity index (χ1n) is 5.82. The Morgan fingerprint density at radius 2 is 1.88 bits per heavy atom. The van der Waals surface area contributed by atoms with E-state index in [4.69, 9.17) is 9.47 Å². The molecule has 0 unspecified atom stereocenters. The van der Waals surface area contributed by atoms with Gasteiger partial charge in [0.1, 0.15) is 5.75 Å². The molecule has 0 radical (unpaired) electrons. The zero-order valence-electron chi connectivity index (χ0n) is 10.8. The fourth-order valence-corrected chi connectivity index (χ4v) is 1.47. The van der Waals surface area contributed by atoms with Crippen molar-refractivity contribution in [2.45, 2.75) is 19.8 Å². The molecule has 0 atom stereocenters. The minimum atomic E-state index is 0.894. The number of hydrogen-bond acceptors (Lipinski definition) is 2. The van der Waals surface area contributed by atoms with E-state index in [1.807, 2.05) is 24.3 Å². The lowest BCUT2D eigenvalue weighted by Gasteiger charge is -2.01. The molecule has 0 fully saturated rings. The molecule has 0 bridgehead atoms. The summed E-state index contributed by atoms with van der Waals surface area (Å²) in [5.41, 5.74) is 1.27. The molecule has 2 heteroatoms. The van der Waals surface area contributed by atoms with E-state index >= 15 is 0 Å². The van der Waals surface area contributed by atoms with E-state index < -0.39 is 0 Å². The van der Waals surface area contributed by atoms with E-state index in [2.05, 4.69) is 25.1 Å². The average Bonchev–Trinajstić information content (AvgIpc) is 2.40. The fraction of sp³-hybridized carbons (Fsp3) is 0.333. The molecule has 0 aliphatic carbocycles. The first kappa shape index (κ1) is 13.4. The zero-order valence-corrected chi connectivity index (χ0v) is 10.8. The first-order chi connectivity index (χ1) is 8.30. The van der Waals surface area contributed by atoms with Crippen molar-refractivity contribution in [3.05, 3.63) is 53.8 Å². The summed E-state index contributed by atoms with van der Waals surface area (Å²) in [6, 6.07) is 8.10. The molecule has 0 aliphatic heterocycles. The molecule has 1 rings (SSSR count). The van der Waals surface area contributed by atoms with Crippen molar-refractivity contribution < 1.29 is 9.47 Å². The van der Waals surface area contributed by atoms with Crippen molar-refractivity contribution in [3.8, 4) is 5.75 Å². The van der Waals surface area contributed by atoms with Crippen LogP contribution in [-0.4, -0.2) is 14.2 Å². The largest absolute Gasteiger partial charge is 0.501 e. The standard InChI is InChI=1S/C15H20O2/c1-4-14(16-2)8-6-5-7-13-9-11-15(17-3)12-10-13/h5-6,8-12H,4,7H2,1-3H3/b6-5-,14-8-. The second-order valence-corrected chi connectivity index (χ2v) is 3.67. The summed E-state index contributed by atoms with van der Waals surface area (Å²) in [5.74, 6) is 1.89. The average molecular weight is 232 g/mol. The van der Waals surface area contributed by atoms with Crippen molar-refractivity contribution in [2.24, 2.45) is 0 Å². The topological polar surface area (TPSA) is 18.5 Å². The third-order valence-corrected chi connectivity index (χ3v) is 2.54. The van der Waals surface area contributed by atoms with Crippen LogP contribution >= 0.6 is 0 Å². The third-order valence-electron chi connectivity index (χ3n) is 2.54. The number of methoxy groups -OCH3 is 2. The van der Waals surface area contributed by atoms with Gasteiger partial charge in [0.15, 0.2) is 0 Å². The highest BCUT2D eigenvalue weighted by atomic mass is 16.5. The number of allylic oxidation sites excluding steroid dienone is 4. The lowest BCUT2D eigenvalue weighted by atomic mass is 10.1. The van der Waals surface area contributed by atoms with Crippen LogP contribution in [0.3, 0.4) is 0 Å². The van der Waals surface area contributed by atoms with E-state index in [9.17, 15) is 0 Å². The Hall–Kier alpha value is -1.70.